The fourth-order valence-electron chi connectivity index (χ4n) is 1.38. The van der Waals surface area contributed by atoms with Crippen molar-refractivity contribution in [3.05, 3.63) is 12.7 Å². The molecule has 0 heterocycles. The van der Waals surface area contributed by atoms with Gasteiger partial charge in [0.2, 0.25) is 0 Å². The fourth-order valence-corrected chi connectivity index (χ4v) is 1.38. The van der Waals surface area contributed by atoms with Crippen molar-refractivity contribution in [3.63, 3.8) is 0 Å². The largest absolute Gasteiger partial charge is 0.455 e. The molecule has 0 saturated heterocycles. The molecule has 0 saturated carbocycles. The lowest BCUT2D eigenvalue weighted by Crippen LogP contribution is -2.28. The summed E-state index contributed by atoms with van der Waals surface area (Å²) in [7, 11) is 0. The molecule has 2 nitrogen and oxygen atoms in total. The molecule has 0 aromatic rings. The second-order valence-electron chi connectivity index (χ2n) is 4.40. The molecule has 0 aliphatic heterocycles. The molecule has 0 aliphatic carbocycles. The minimum Gasteiger partial charge on any atom is -0.455 e. The minimum absolute atomic E-state index is 0.239. The Morgan fingerprint density at radius 1 is 1.57 bits per heavy atom. The molecule has 0 aliphatic rings. The van der Waals surface area contributed by atoms with Gasteiger partial charge < -0.3 is 4.74 Å². The maximum atomic E-state index is 10.8. The van der Waals surface area contributed by atoms with Crippen molar-refractivity contribution in [1.29, 1.82) is 0 Å². The van der Waals surface area contributed by atoms with Gasteiger partial charge in [-0.3, -0.25) is 4.79 Å². The van der Waals surface area contributed by atoms with Crippen LogP contribution in [0, 0.1) is 5.92 Å². The summed E-state index contributed by atoms with van der Waals surface area (Å²) in [4.78, 5) is 10.8. The van der Waals surface area contributed by atoms with E-state index >= 15 is 0 Å². The third-order valence-electron chi connectivity index (χ3n) is 2.26. The molecule has 0 spiro atoms. The van der Waals surface area contributed by atoms with E-state index in [0.717, 1.165) is 19.3 Å². The van der Waals surface area contributed by atoms with E-state index in [9.17, 15) is 4.79 Å². The summed E-state index contributed by atoms with van der Waals surface area (Å²) in [6, 6.07) is 0. The molecule has 0 radical (unpaired) electrons. The van der Waals surface area contributed by atoms with Gasteiger partial charge in [-0.15, -0.1) is 0 Å². The van der Waals surface area contributed by atoms with E-state index in [4.69, 9.17) is 4.74 Å². The van der Waals surface area contributed by atoms with Crippen LogP contribution in [-0.4, -0.2) is 11.6 Å². The van der Waals surface area contributed by atoms with Gasteiger partial charge in [-0.1, -0.05) is 26.8 Å². The summed E-state index contributed by atoms with van der Waals surface area (Å²) in [6.45, 7) is 11.4. The van der Waals surface area contributed by atoms with Crippen molar-refractivity contribution in [1.82, 2.24) is 0 Å². The monoisotopic (exact) mass is 198 g/mol. The number of esters is 1. The number of carbonyl (C=O) groups is 1. The maximum Gasteiger partial charge on any atom is 0.303 e. The van der Waals surface area contributed by atoms with Crippen LogP contribution in [0.5, 0.6) is 0 Å². The van der Waals surface area contributed by atoms with Crippen molar-refractivity contribution < 1.29 is 9.53 Å². The van der Waals surface area contributed by atoms with Crippen LogP contribution in [0.1, 0.15) is 47.0 Å². The molecule has 2 heteroatoms. The van der Waals surface area contributed by atoms with Gasteiger partial charge in [0.1, 0.15) is 5.60 Å². The average Bonchev–Trinajstić information content (AvgIpc) is 2.02. The summed E-state index contributed by atoms with van der Waals surface area (Å²) in [5, 5.41) is 0. The van der Waals surface area contributed by atoms with Crippen molar-refractivity contribution in [3.8, 4) is 0 Å². The molecule has 0 rings (SSSR count). The lowest BCUT2D eigenvalue weighted by Gasteiger charge is -2.25. The van der Waals surface area contributed by atoms with Gasteiger partial charge in [0.05, 0.1) is 0 Å². The summed E-state index contributed by atoms with van der Waals surface area (Å²) in [6.07, 6.45) is 4.79. The number of ether oxygens (including phenoxy) is 1. The summed E-state index contributed by atoms with van der Waals surface area (Å²) in [5.41, 5.74) is -0.485. The van der Waals surface area contributed by atoms with E-state index in [-0.39, 0.29) is 5.97 Å². The number of hydrogen-bond acceptors (Lipinski definition) is 2. The molecule has 82 valence electrons. The zero-order valence-corrected chi connectivity index (χ0v) is 9.80. The van der Waals surface area contributed by atoms with E-state index in [1.807, 2.05) is 6.92 Å². The van der Waals surface area contributed by atoms with E-state index in [1.165, 1.54) is 6.92 Å². The van der Waals surface area contributed by atoms with Crippen LogP contribution in [0.3, 0.4) is 0 Å². The summed E-state index contributed by atoms with van der Waals surface area (Å²) in [5.74, 6) is 0.457. The lowest BCUT2D eigenvalue weighted by atomic mass is 9.96. The first-order valence-electron chi connectivity index (χ1n) is 5.23. The molecule has 1 atom stereocenters. The van der Waals surface area contributed by atoms with Gasteiger partial charge in [-0.25, -0.2) is 0 Å². The first-order valence-corrected chi connectivity index (χ1v) is 5.23. The predicted molar refractivity (Wildman–Crippen MR) is 59.1 cm³/mol. The second-order valence-corrected chi connectivity index (χ2v) is 4.40. The van der Waals surface area contributed by atoms with E-state index in [0.29, 0.717) is 5.92 Å². The maximum absolute atomic E-state index is 10.8. The highest BCUT2D eigenvalue weighted by Crippen LogP contribution is 2.21. The first-order chi connectivity index (χ1) is 6.39. The Labute approximate surface area is 87.3 Å². The Balaban J connectivity index is 3.99. The number of rotatable bonds is 6. The molecule has 14 heavy (non-hydrogen) atoms. The van der Waals surface area contributed by atoms with Crippen molar-refractivity contribution in [2.75, 3.05) is 0 Å². The molecule has 0 bridgehead atoms. The number of hydrogen-bond donors (Lipinski definition) is 0. The second kappa shape index (κ2) is 5.84. The first kappa shape index (κ1) is 13.2. The molecule has 0 aromatic heterocycles. The Bertz CT molecular complexity index is 196. The zero-order valence-electron chi connectivity index (χ0n) is 9.80. The lowest BCUT2D eigenvalue weighted by molar-refractivity contribution is -0.151. The molecule has 1 unspecified atom stereocenters. The number of carbonyl (C=O) groups excluding carboxylic acids is 1. The van der Waals surface area contributed by atoms with Crippen LogP contribution in [0.25, 0.3) is 0 Å². The molecular formula is C12H22O2. The Kier molecular flexibility index (Phi) is 5.51. The van der Waals surface area contributed by atoms with Gasteiger partial charge >= 0.3 is 5.97 Å². The van der Waals surface area contributed by atoms with Crippen LogP contribution < -0.4 is 0 Å². The highest BCUT2D eigenvalue weighted by atomic mass is 16.6. The minimum atomic E-state index is -0.485. The molecule has 0 N–H and O–H groups in total. The van der Waals surface area contributed by atoms with Crippen LogP contribution in [-0.2, 0) is 9.53 Å². The highest BCUT2D eigenvalue weighted by Gasteiger charge is 2.22. The molecular weight excluding hydrogens is 176 g/mol. The van der Waals surface area contributed by atoms with E-state index in [2.05, 4.69) is 20.4 Å². The average molecular weight is 198 g/mol. The normalized spacial score (nSPS) is 14.9. The SMILES string of the molecule is C=CC(C)(CCCC(C)C)OC(C)=O. The van der Waals surface area contributed by atoms with Gasteiger partial charge in [0.25, 0.3) is 0 Å². The van der Waals surface area contributed by atoms with E-state index in [1.54, 1.807) is 6.08 Å². The molecule has 0 aromatic carbocycles. The third-order valence-corrected chi connectivity index (χ3v) is 2.26. The molecule has 0 fully saturated rings. The topological polar surface area (TPSA) is 26.3 Å². The summed E-state index contributed by atoms with van der Waals surface area (Å²) >= 11 is 0. The van der Waals surface area contributed by atoms with Crippen molar-refractivity contribution in [2.45, 2.75) is 52.6 Å². The van der Waals surface area contributed by atoms with Crippen molar-refractivity contribution in [2.24, 2.45) is 5.92 Å². The van der Waals surface area contributed by atoms with Crippen LogP contribution in [0.15, 0.2) is 12.7 Å². The Hall–Kier alpha value is -0.790. The van der Waals surface area contributed by atoms with Gasteiger partial charge in [0.15, 0.2) is 0 Å². The van der Waals surface area contributed by atoms with Gasteiger partial charge in [-0.2, -0.15) is 0 Å². The van der Waals surface area contributed by atoms with Gasteiger partial charge in [-0.05, 0) is 31.8 Å². The zero-order chi connectivity index (χ0) is 11.2. The van der Waals surface area contributed by atoms with Crippen LogP contribution in [0.4, 0.5) is 0 Å². The third kappa shape index (κ3) is 5.79. The predicted octanol–water partition coefficient (Wildman–Crippen LogP) is 3.32. The summed E-state index contributed by atoms with van der Waals surface area (Å²) < 4.78 is 5.21. The van der Waals surface area contributed by atoms with Gasteiger partial charge in [0, 0.05) is 6.92 Å². The Morgan fingerprint density at radius 3 is 2.50 bits per heavy atom. The molecule has 0 amide bonds. The standard InChI is InChI=1S/C12H22O2/c1-6-12(5,14-11(4)13)9-7-8-10(2)3/h6,10H,1,7-9H2,2-5H3. The van der Waals surface area contributed by atoms with Crippen LogP contribution in [0.2, 0.25) is 0 Å². The quantitative estimate of drug-likeness (QED) is 0.483. The smallest absolute Gasteiger partial charge is 0.303 e. The van der Waals surface area contributed by atoms with Crippen molar-refractivity contribution >= 4 is 5.97 Å². The Morgan fingerprint density at radius 2 is 2.14 bits per heavy atom. The van der Waals surface area contributed by atoms with E-state index < -0.39 is 5.60 Å². The fraction of sp³-hybridized carbons (Fsp3) is 0.750. The van der Waals surface area contributed by atoms with Crippen LogP contribution >= 0.6 is 0 Å². The highest BCUT2D eigenvalue weighted by molar-refractivity contribution is 5.66.